The third-order valence-electron chi connectivity index (χ3n) is 4.07. The van der Waals surface area contributed by atoms with Gasteiger partial charge in [-0.15, -0.1) is 0 Å². The minimum absolute atomic E-state index is 0. The van der Waals surface area contributed by atoms with Gasteiger partial charge in [0.05, 0.1) is 12.5 Å². The fraction of sp³-hybridized carbons (Fsp3) is 0.667. The Hall–Kier alpha value is -0.320. The molecule has 0 saturated carbocycles. The molecule has 0 saturated heterocycles. The van der Waals surface area contributed by atoms with Crippen molar-refractivity contribution in [3.05, 3.63) is 12.2 Å². The fourth-order valence-corrected chi connectivity index (χ4v) is 2.33. The Morgan fingerprint density at radius 1 is 1.41 bits per heavy atom. The summed E-state index contributed by atoms with van der Waals surface area (Å²) in [6.07, 6.45) is 3.91. The number of carboxylic acids is 1. The van der Waals surface area contributed by atoms with Crippen LogP contribution in [0.25, 0.3) is 0 Å². The molecule has 5 heteroatoms. The van der Waals surface area contributed by atoms with E-state index in [0.29, 0.717) is 0 Å². The molecule has 0 aromatic heterocycles. The smallest absolute Gasteiger partial charge is 0.550 e. The first-order valence-electron chi connectivity index (χ1n) is 5.27. The van der Waals surface area contributed by atoms with E-state index in [2.05, 4.69) is 0 Å². The second-order valence-corrected chi connectivity index (χ2v) is 4.73. The monoisotopic (exact) mass is 248 g/mol. The Morgan fingerprint density at radius 2 is 1.94 bits per heavy atom. The number of rotatable bonds is 2. The summed E-state index contributed by atoms with van der Waals surface area (Å²) in [7, 11) is 1.27. The van der Waals surface area contributed by atoms with E-state index in [1.54, 1.807) is 19.9 Å². The van der Waals surface area contributed by atoms with Gasteiger partial charge in [0.2, 0.25) is 0 Å². The molecule has 0 unspecified atom stereocenters. The number of carbonyl (C=O) groups is 2. The number of ether oxygens (including phenoxy) is 1. The molecule has 0 spiro atoms. The minimum atomic E-state index is -1.23. The van der Waals surface area contributed by atoms with Crippen LogP contribution < -0.4 is 34.7 Å². The van der Waals surface area contributed by atoms with E-state index in [-0.39, 0.29) is 41.9 Å². The molecule has 0 aromatic rings. The normalized spacial score (nSPS) is 35.9. The summed E-state index contributed by atoms with van der Waals surface area (Å²) in [6, 6.07) is 0. The second kappa shape index (κ2) is 5.55. The summed E-state index contributed by atoms with van der Waals surface area (Å²) in [5.74, 6) is -1.91. The quantitative estimate of drug-likeness (QED) is 0.308. The van der Waals surface area contributed by atoms with Crippen LogP contribution in [0.5, 0.6) is 0 Å². The third kappa shape index (κ3) is 2.30. The SMILES string of the molecule is COC(=O)[C@]1(C)[C@H](C)C=CC[C@]1(C)C(=O)[O-].[Na+]. The molecule has 0 amide bonds. The predicted molar refractivity (Wildman–Crippen MR) is 56.2 cm³/mol. The molecule has 1 aliphatic carbocycles. The number of methoxy groups -OCH3 is 1. The largest absolute Gasteiger partial charge is 1.00 e. The van der Waals surface area contributed by atoms with Crippen LogP contribution >= 0.6 is 0 Å². The first kappa shape index (κ1) is 16.7. The molecule has 1 aliphatic rings. The number of hydrogen-bond donors (Lipinski definition) is 0. The molecule has 1 rings (SSSR count). The van der Waals surface area contributed by atoms with Gasteiger partial charge >= 0.3 is 35.5 Å². The standard InChI is InChI=1S/C12H18O4.Na/c1-8-6-5-7-11(2,9(13)14)12(8,3)10(15)16-4;/h5-6,8H,7H2,1-4H3,(H,13,14);/q;+1/p-1/t8-,11-,12+;/m1./s1. The van der Waals surface area contributed by atoms with Crippen LogP contribution in [0.15, 0.2) is 12.2 Å². The van der Waals surface area contributed by atoms with Crippen molar-refractivity contribution in [3.63, 3.8) is 0 Å². The van der Waals surface area contributed by atoms with Gasteiger partial charge in [-0.05, 0) is 19.3 Å². The van der Waals surface area contributed by atoms with Gasteiger partial charge < -0.3 is 14.6 Å². The van der Waals surface area contributed by atoms with E-state index in [4.69, 9.17) is 4.74 Å². The number of hydrogen-bond acceptors (Lipinski definition) is 4. The molecule has 0 radical (unpaired) electrons. The van der Waals surface area contributed by atoms with Crippen LogP contribution in [0.4, 0.5) is 0 Å². The van der Waals surface area contributed by atoms with Crippen LogP contribution in [0.2, 0.25) is 0 Å². The molecule has 90 valence electrons. The Labute approximate surface area is 124 Å². The number of carboxylic acid groups (broad SMARTS) is 1. The van der Waals surface area contributed by atoms with Crippen molar-refractivity contribution < 1.29 is 49.0 Å². The Balaban J connectivity index is 0.00000256. The third-order valence-corrected chi connectivity index (χ3v) is 4.07. The van der Waals surface area contributed by atoms with Crippen LogP contribution in [0.1, 0.15) is 27.2 Å². The maximum absolute atomic E-state index is 11.9. The Morgan fingerprint density at radius 3 is 2.35 bits per heavy atom. The summed E-state index contributed by atoms with van der Waals surface area (Å²) in [5.41, 5.74) is -2.32. The van der Waals surface area contributed by atoms with Crippen molar-refractivity contribution in [1.29, 1.82) is 0 Å². The Kier molecular flexibility index (Phi) is 5.44. The summed E-state index contributed by atoms with van der Waals surface area (Å²) in [5, 5.41) is 11.3. The molecule has 3 atom stereocenters. The van der Waals surface area contributed by atoms with E-state index in [1.165, 1.54) is 7.11 Å². The van der Waals surface area contributed by atoms with Gasteiger partial charge in [-0.1, -0.05) is 26.0 Å². The molecular weight excluding hydrogens is 231 g/mol. The maximum Gasteiger partial charge on any atom is 1.00 e. The van der Waals surface area contributed by atoms with E-state index in [0.717, 1.165) is 0 Å². The van der Waals surface area contributed by atoms with Gasteiger partial charge in [0.1, 0.15) is 0 Å². The molecule has 0 N–H and O–H groups in total. The predicted octanol–water partition coefficient (Wildman–Crippen LogP) is -2.48. The topological polar surface area (TPSA) is 66.4 Å². The number of carbonyl (C=O) groups excluding carboxylic acids is 2. The zero-order valence-corrected chi connectivity index (χ0v) is 13.1. The molecular formula is C12H17NaO4. The number of allylic oxidation sites excluding steroid dienone is 2. The van der Waals surface area contributed by atoms with Gasteiger partial charge in [-0.25, -0.2) is 0 Å². The van der Waals surface area contributed by atoms with Crippen molar-refractivity contribution in [2.75, 3.05) is 7.11 Å². The maximum atomic E-state index is 11.9. The van der Waals surface area contributed by atoms with Crippen molar-refractivity contribution in [3.8, 4) is 0 Å². The van der Waals surface area contributed by atoms with Crippen molar-refractivity contribution in [1.82, 2.24) is 0 Å². The van der Waals surface area contributed by atoms with Gasteiger partial charge in [0.15, 0.2) is 0 Å². The summed E-state index contributed by atoms with van der Waals surface area (Å²) in [4.78, 5) is 23.2. The average molecular weight is 248 g/mol. The molecule has 0 fully saturated rings. The number of esters is 1. The molecule has 0 heterocycles. The zero-order chi connectivity index (χ0) is 12.6. The van der Waals surface area contributed by atoms with Crippen molar-refractivity contribution in [2.24, 2.45) is 16.7 Å². The first-order valence-corrected chi connectivity index (χ1v) is 5.27. The van der Waals surface area contributed by atoms with Crippen LogP contribution in [-0.2, 0) is 14.3 Å². The number of aliphatic carboxylic acids is 1. The molecule has 4 nitrogen and oxygen atoms in total. The van der Waals surface area contributed by atoms with E-state index < -0.39 is 22.8 Å². The second-order valence-electron chi connectivity index (χ2n) is 4.73. The molecule has 0 bridgehead atoms. The summed E-state index contributed by atoms with van der Waals surface area (Å²) < 4.78 is 4.74. The summed E-state index contributed by atoms with van der Waals surface area (Å²) >= 11 is 0. The zero-order valence-electron chi connectivity index (χ0n) is 11.1. The van der Waals surface area contributed by atoms with E-state index in [1.807, 2.05) is 13.0 Å². The van der Waals surface area contributed by atoms with Gasteiger partial charge in [-0.3, -0.25) is 4.79 Å². The van der Waals surface area contributed by atoms with Crippen molar-refractivity contribution in [2.45, 2.75) is 27.2 Å². The minimum Gasteiger partial charge on any atom is -0.550 e. The van der Waals surface area contributed by atoms with Gasteiger partial charge in [0.25, 0.3) is 0 Å². The van der Waals surface area contributed by atoms with Crippen LogP contribution in [0, 0.1) is 16.7 Å². The van der Waals surface area contributed by atoms with Crippen LogP contribution in [-0.4, -0.2) is 19.0 Å². The molecule has 0 aromatic carbocycles. The average Bonchev–Trinajstić information content (AvgIpc) is 2.24. The molecule has 0 aliphatic heterocycles. The van der Waals surface area contributed by atoms with E-state index in [9.17, 15) is 14.7 Å². The molecule has 17 heavy (non-hydrogen) atoms. The van der Waals surface area contributed by atoms with Gasteiger partial charge in [-0.2, -0.15) is 0 Å². The summed E-state index contributed by atoms with van der Waals surface area (Å²) in [6.45, 7) is 4.98. The van der Waals surface area contributed by atoms with Gasteiger partial charge in [0, 0.05) is 11.4 Å². The Bertz CT molecular complexity index is 352. The van der Waals surface area contributed by atoms with E-state index >= 15 is 0 Å². The fourth-order valence-electron chi connectivity index (χ4n) is 2.33. The van der Waals surface area contributed by atoms with Crippen LogP contribution in [0.3, 0.4) is 0 Å². The van der Waals surface area contributed by atoms with Crippen molar-refractivity contribution >= 4 is 11.9 Å². The first-order chi connectivity index (χ1) is 7.30.